The van der Waals surface area contributed by atoms with Crippen molar-refractivity contribution >= 4 is 11.6 Å². The number of nitrogens with zero attached hydrogens (tertiary/aromatic N) is 2. The largest absolute Gasteiger partial charge is 0.307 e. The molecule has 3 heteroatoms. The van der Waals surface area contributed by atoms with E-state index < -0.39 is 0 Å². The van der Waals surface area contributed by atoms with Gasteiger partial charge >= 0.3 is 0 Å². The lowest BCUT2D eigenvalue weighted by molar-refractivity contribution is 0.0987. The van der Waals surface area contributed by atoms with E-state index in [0.717, 1.165) is 22.4 Å². The molecule has 0 aliphatic rings. The summed E-state index contributed by atoms with van der Waals surface area (Å²) >= 11 is 0. The van der Waals surface area contributed by atoms with Gasteiger partial charge in [-0.1, -0.05) is 23.8 Å². The number of carbonyl (C=O) groups is 1. The van der Waals surface area contributed by atoms with Crippen LogP contribution in [0.3, 0.4) is 0 Å². The van der Waals surface area contributed by atoms with Crippen LogP contribution in [0.2, 0.25) is 0 Å². The van der Waals surface area contributed by atoms with E-state index in [-0.39, 0.29) is 5.91 Å². The maximum Gasteiger partial charge on any atom is 0.258 e. The average molecular weight is 306 g/mol. The van der Waals surface area contributed by atoms with Crippen molar-refractivity contribution in [2.45, 2.75) is 34.1 Å². The van der Waals surface area contributed by atoms with Crippen LogP contribution in [-0.2, 0) is 0 Å². The monoisotopic (exact) mass is 306 g/mol. The van der Waals surface area contributed by atoms with Crippen molar-refractivity contribution in [1.82, 2.24) is 0 Å². The standard InChI is InChI=1S/C20H22N2O/c1-14-6-7-16(3)19(12-14)20(23)22(11-5-10-21)18-9-8-15(2)17(4)13-18/h6-9,12-13H,5,11H2,1-4H3. The summed E-state index contributed by atoms with van der Waals surface area (Å²) in [6.07, 6.45) is 0.309. The van der Waals surface area contributed by atoms with Crippen molar-refractivity contribution in [3.05, 3.63) is 64.2 Å². The van der Waals surface area contributed by atoms with Crippen LogP contribution in [0.4, 0.5) is 5.69 Å². The van der Waals surface area contributed by atoms with Gasteiger partial charge in [-0.05, 0) is 62.6 Å². The topological polar surface area (TPSA) is 44.1 Å². The Morgan fingerprint density at radius 2 is 1.70 bits per heavy atom. The van der Waals surface area contributed by atoms with Gasteiger partial charge in [-0.25, -0.2) is 0 Å². The molecule has 0 unspecified atom stereocenters. The van der Waals surface area contributed by atoms with Crippen molar-refractivity contribution < 1.29 is 4.79 Å². The molecule has 0 radical (unpaired) electrons. The second-order valence-electron chi connectivity index (χ2n) is 5.95. The number of hydrogen-bond acceptors (Lipinski definition) is 2. The van der Waals surface area contributed by atoms with Gasteiger partial charge in [0.1, 0.15) is 0 Å². The van der Waals surface area contributed by atoms with E-state index in [2.05, 4.69) is 6.07 Å². The maximum atomic E-state index is 13.0. The summed E-state index contributed by atoms with van der Waals surface area (Å²) in [6, 6.07) is 14.0. The zero-order chi connectivity index (χ0) is 17.0. The smallest absolute Gasteiger partial charge is 0.258 e. The highest BCUT2D eigenvalue weighted by Gasteiger charge is 2.19. The Labute approximate surface area is 138 Å². The second-order valence-corrected chi connectivity index (χ2v) is 5.95. The van der Waals surface area contributed by atoms with Gasteiger partial charge in [0.15, 0.2) is 0 Å². The molecule has 1 amide bonds. The third kappa shape index (κ3) is 3.78. The molecule has 0 saturated heterocycles. The molecule has 0 atom stereocenters. The van der Waals surface area contributed by atoms with E-state index in [1.54, 1.807) is 4.90 Å². The fraction of sp³-hybridized carbons (Fsp3) is 0.300. The molecule has 0 aliphatic heterocycles. The Morgan fingerprint density at radius 3 is 2.35 bits per heavy atom. The molecule has 0 saturated carbocycles. The lowest BCUT2D eigenvalue weighted by atomic mass is 10.0. The van der Waals surface area contributed by atoms with Crippen molar-refractivity contribution in [3.8, 4) is 6.07 Å². The minimum absolute atomic E-state index is 0.0512. The van der Waals surface area contributed by atoms with Gasteiger partial charge in [-0.2, -0.15) is 5.26 Å². The highest BCUT2D eigenvalue weighted by atomic mass is 16.2. The molecule has 3 nitrogen and oxygen atoms in total. The van der Waals surface area contributed by atoms with Crippen molar-refractivity contribution in [2.24, 2.45) is 0 Å². The van der Waals surface area contributed by atoms with Gasteiger partial charge in [0.05, 0.1) is 12.5 Å². The molecular weight excluding hydrogens is 284 g/mol. The number of amides is 1. The van der Waals surface area contributed by atoms with Gasteiger partial charge in [0.25, 0.3) is 5.91 Å². The van der Waals surface area contributed by atoms with Crippen LogP contribution >= 0.6 is 0 Å². The van der Waals surface area contributed by atoms with Crippen LogP contribution in [0.1, 0.15) is 39.0 Å². The molecule has 2 aromatic carbocycles. The lowest BCUT2D eigenvalue weighted by Gasteiger charge is -2.24. The maximum absolute atomic E-state index is 13.0. The Bertz CT molecular complexity index is 772. The summed E-state index contributed by atoms with van der Waals surface area (Å²) in [5.41, 5.74) is 5.87. The summed E-state index contributed by atoms with van der Waals surface area (Å²) in [7, 11) is 0. The molecule has 0 heterocycles. The van der Waals surface area contributed by atoms with Crippen LogP contribution < -0.4 is 4.90 Å². The summed E-state index contributed by atoms with van der Waals surface area (Å²) < 4.78 is 0. The van der Waals surface area contributed by atoms with E-state index >= 15 is 0 Å². The van der Waals surface area contributed by atoms with Gasteiger partial charge in [-0.15, -0.1) is 0 Å². The second kappa shape index (κ2) is 7.11. The van der Waals surface area contributed by atoms with Gasteiger partial charge in [0.2, 0.25) is 0 Å². The van der Waals surface area contributed by atoms with E-state index in [0.29, 0.717) is 18.5 Å². The van der Waals surface area contributed by atoms with E-state index in [4.69, 9.17) is 5.26 Å². The van der Waals surface area contributed by atoms with Crippen LogP contribution in [0, 0.1) is 39.0 Å². The highest BCUT2D eigenvalue weighted by Crippen LogP contribution is 2.23. The number of benzene rings is 2. The molecule has 2 aromatic rings. The SMILES string of the molecule is Cc1ccc(C)c(C(=O)N(CCC#N)c2ccc(C)c(C)c2)c1. The van der Waals surface area contributed by atoms with Gasteiger partial charge < -0.3 is 4.90 Å². The number of anilines is 1. The summed E-state index contributed by atoms with van der Waals surface area (Å²) in [6.45, 7) is 8.39. The van der Waals surface area contributed by atoms with Crippen LogP contribution in [-0.4, -0.2) is 12.5 Å². The normalized spacial score (nSPS) is 10.2. The number of rotatable bonds is 4. The highest BCUT2D eigenvalue weighted by molar-refractivity contribution is 6.07. The van der Waals surface area contributed by atoms with E-state index in [1.807, 2.05) is 64.1 Å². The molecular formula is C20H22N2O. The number of nitriles is 1. The summed E-state index contributed by atoms with van der Waals surface area (Å²) in [5, 5.41) is 8.92. The zero-order valence-electron chi connectivity index (χ0n) is 14.2. The van der Waals surface area contributed by atoms with Gasteiger partial charge in [0, 0.05) is 17.8 Å². The van der Waals surface area contributed by atoms with Crippen LogP contribution in [0.5, 0.6) is 0 Å². The zero-order valence-corrected chi connectivity index (χ0v) is 14.2. The first kappa shape index (κ1) is 16.8. The first-order chi connectivity index (χ1) is 10.9. The average Bonchev–Trinajstić information content (AvgIpc) is 2.53. The molecule has 0 aromatic heterocycles. The predicted octanol–water partition coefficient (Wildman–Crippen LogP) is 4.48. The number of hydrogen-bond donors (Lipinski definition) is 0. The molecule has 23 heavy (non-hydrogen) atoms. The lowest BCUT2D eigenvalue weighted by Crippen LogP contribution is -2.32. The van der Waals surface area contributed by atoms with E-state index in [1.165, 1.54) is 5.56 Å². The minimum Gasteiger partial charge on any atom is -0.307 e. The molecule has 0 aliphatic carbocycles. The fourth-order valence-electron chi connectivity index (χ4n) is 2.51. The molecule has 0 spiro atoms. The van der Waals surface area contributed by atoms with Crippen LogP contribution in [0.15, 0.2) is 36.4 Å². The summed E-state index contributed by atoms with van der Waals surface area (Å²) in [4.78, 5) is 14.7. The predicted molar refractivity (Wildman–Crippen MR) is 93.7 cm³/mol. The van der Waals surface area contributed by atoms with Crippen molar-refractivity contribution in [3.63, 3.8) is 0 Å². The number of aryl methyl sites for hydroxylation is 4. The molecule has 0 bridgehead atoms. The van der Waals surface area contributed by atoms with Crippen LogP contribution in [0.25, 0.3) is 0 Å². The Morgan fingerprint density at radius 1 is 1.00 bits per heavy atom. The fourth-order valence-corrected chi connectivity index (χ4v) is 2.51. The number of carbonyl (C=O) groups excluding carboxylic acids is 1. The van der Waals surface area contributed by atoms with Crippen molar-refractivity contribution in [2.75, 3.05) is 11.4 Å². The van der Waals surface area contributed by atoms with E-state index in [9.17, 15) is 4.79 Å². The van der Waals surface area contributed by atoms with Crippen molar-refractivity contribution in [1.29, 1.82) is 5.26 Å². The third-order valence-corrected chi connectivity index (χ3v) is 4.12. The molecule has 0 N–H and O–H groups in total. The van der Waals surface area contributed by atoms with Gasteiger partial charge in [-0.3, -0.25) is 4.79 Å². The third-order valence-electron chi connectivity index (χ3n) is 4.12. The molecule has 0 fully saturated rings. The summed E-state index contributed by atoms with van der Waals surface area (Å²) in [5.74, 6) is -0.0512. The molecule has 118 valence electrons. The Hall–Kier alpha value is -2.60. The Balaban J connectivity index is 2.45. The Kier molecular flexibility index (Phi) is 5.18. The minimum atomic E-state index is -0.0512. The first-order valence-electron chi connectivity index (χ1n) is 7.77. The quantitative estimate of drug-likeness (QED) is 0.836. The first-order valence-corrected chi connectivity index (χ1v) is 7.77. The molecule has 2 rings (SSSR count).